The van der Waals surface area contributed by atoms with Crippen LogP contribution in [0.4, 0.5) is 0 Å². The van der Waals surface area contributed by atoms with E-state index in [1.807, 2.05) is 0 Å². The molecular formula is C6H10O3. The summed E-state index contributed by atoms with van der Waals surface area (Å²) in [6.07, 6.45) is 0.137. The van der Waals surface area contributed by atoms with E-state index < -0.39 is 6.10 Å². The van der Waals surface area contributed by atoms with Crippen LogP contribution in [0.25, 0.3) is 0 Å². The zero-order valence-corrected chi connectivity index (χ0v) is 5.33. The van der Waals surface area contributed by atoms with Gasteiger partial charge in [-0.15, -0.1) is 0 Å². The van der Waals surface area contributed by atoms with Gasteiger partial charge in [-0.05, 0) is 6.92 Å². The number of aliphatic hydroxyl groups excluding tert-OH is 1. The van der Waals surface area contributed by atoms with Crippen LogP contribution in [0.15, 0.2) is 0 Å². The third kappa shape index (κ3) is 1.68. The molecule has 1 rings (SSSR count). The molecular weight excluding hydrogens is 120 g/mol. The van der Waals surface area contributed by atoms with Gasteiger partial charge in [0.1, 0.15) is 6.10 Å². The number of hydrogen-bond donors (Lipinski definition) is 1. The second-order valence-corrected chi connectivity index (χ2v) is 2.39. The first-order valence-electron chi connectivity index (χ1n) is 3.06. The molecule has 0 aliphatic carbocycles. The van der Waals surface area contributed by atoms with Crippen molar-refractivity contribution in [1.29, 1.82) is 0 Å². The fourth-order valence-corrected chi connectivity index (χ4v) is 0.979. The Kier molecular flexibility index (Phi) is 1.71. The molecule has 1 saturated heterocycles. The molecule has 9 heavy (non-hydrogen) atoms. The molecule has 1 aliphatic heterocycles. The van der Waals surface area contributed by atoms with Crippen LogP contribution in [0.5, 0.6) is 0 Å². The highest BCUT2D eigenvalue weighted by Crippen LogP contribution is 2.13. The summed E-state index contributed by atoms with van der Waals surface area (Å²) in [7, 11) is 0. The second-order valence-electron chi connectivity index (χ2n) is 2.39. The van der Waals surface area contributed by atoms with E-state index in [-0.39, 0.29) is 18.5 Å². The molecule has 1 N–H and O–H groups in total. The van der Waals surface area contributed by atoms with Crippen molar-refractivity contribution in [2.24, 2.45) is 0 Å². The number of hydrogen-bond acceptors (Lipinski definition) is 3. The monoisotopic (exact) mass is 130 g/mol. The average molecular weight is 130 g/mol. The van der Waals surface area contributed by atoms with Crippen LogP contribution in [-0.2, 0) is 9.53 Å². The molecule has 1 heterocycles. The van der Waals surface area contributed by atoms with Gasteiger partial charge in [0, 0.05) is 6.42 Å². The molecule has 1 aliphatic rings. The summed E-state index contributed by atoms with van der Waals surface area (Å²) in [4.78, 5) is 10.5. The first kappa shape index (κ1) is 6.55. The molecule has 3 nitrogen and oxygen atoms in total. The van der Waals surface area contributed by atoms with Crippen molar-refractivity contribution in [2.75, 3.05) is 0 Å². The van der Waals surface area contributed by atoms with Gasteiger partial charge in [0.25, 0.3) is 0 Å². The van der Waals surface area contributed by atoms with Crippen LogP contribution in [-0.4, -0.2) is 23.3 Å². The molecule has 3 heteroatoms. The average Bonchev–Trinajstić information content (AvgIpc) is 1.59. The lowest BCUT2D eigenvalue weighted by Gasteiger charge is -2.22. The zero-order chi connectivity index (χ0) is 6.85. The predicted octanol–water partition coefficient (Wildman–Crippen LogP) is 0.0728. The summed E-state index contributed by atoms with van der Waals surface area (Å²) in [6, 6.07) is 0. The maximum atomic E-state index is 10.5. The minimum atomic E-state index is -0.485. The van der Waals surface area contributed by atoms with Crippen molar-refractivity contribution >= 4 is 5.97 Å². The highest BCUT2D eigenvalue weighted by atomic mass is 16.5. The highest BCUT2D eigenvalue weighted by molar-refractivity contribution is 5.70. The third-order valence-electron chi connectivity index (χ3n) is 1.34. The minimum absolute atomic E-state index is 0.110. The van der Waals surface area contributed by atoms with Gasteiger partial charge in [0.2, 0.25) is 0 Å². The number of aliphatic hydroxyl groups is 1. The Morgan fingerprint density at radius 3 is 2.89 bits per heavy atom. The molecule has 0 aromatic rings. The fourth-order valence-electron chi connectivity index (χ4n) is 0.979. The van der Waals surface area contributed by atoms with E-state index in [0.29, 0.717) is 6.42 Å². The number of carbonyl (C=O) groups excluding carboxylic acids is 1. The second kappa shape index (κ2) is 2.35. The van der Waals surface area contributed by atoms with Gasteiger partial charge >= 0.3 is 5.97 Å². The number of cyclic esters (lactones) is 1. The summed E-state index contributed by atoms with van der Waals surface area (Å²) in [5.74, 6) is -0.291. The minimum Gasteiger partial charge on any atom is -0.462 e. The van der Waals surface area contributed by atoms with Crippen LogP contribution < -0.4 is 0 Å². The molecule has 0 bridgehead atoms. The maximum Gasteiger partial charge on any atom is 0.308 e. The van der Waals surface area contributed by atoms with Crippen molar-refractivity contribution in [3.8, 4) is 0 Å². The summed E-state index contributed by atoms with van der Waals surface area (Å²) >= 11 is 0. The van der Waals surface area contributed by atoms with Gasteiger partial charge < -0.3 is 9.84 Å². The summed E-state index contributed by atoms with van der Waals surface area (Å²) in [5, 5.41) is 8.95. The van der Waals surface area contributed by atoms with E-state index in [1.165, 1.54) is 0 Å². The van der Waals surface area contributed by atoms with Gasteiger partial charge in [0.05, 0.1) is 12.5 Å². The Morgan fingerprint density at radius 2 is 2.44 bits per heavy atom. The molecule has 0 unspecified atom stereocenters. The van der Waals surface area contributed by atoms with Crippen LogP contribution in [0.3, 0.4) is 0 Å². The Bertz CT molecular complexity index is 109. The van der Waals surface area contributed by atoms with E-state index in [0.717, 1.165) is 0 Å². The third-order valence-corrected chi connectivity index (χ3v) is 1.34. The van der Waals surface area contributed by atoms with E-state index in [1.54, 1.807) is 6.92 Å². The predicted molar refractivity (Wildman–Crippen MR) is 30.8 cm³/mol. The maximum absolute atomic E-state index is 10.5. The van der Waals surface area contributed by atoms with Crippen molar-refractivity contribution in [3.05, 3.63) is 0 Å². The number of rotatable bonds is 0. The topological polar surface area (TPSA) is 46.5 Å². The zero-order valence-electron chi connectivity index (χ0n) is 5.33. The quantitative estimate of drug-likeness (QED) is 0.472. The van der Waals surface area contributed by atoms with Gasteiger partial charge in [-0.1, -0.05) is 0 Å². The van der Waals surface area contributed by atoms with Gasteiger partial charge in [-0.2, -0.15) is 0 Å². The van der Waals surface area contributed by atoms with Crippen molar-refractivity contribution in [1.82, 2.24) is 0 Å². The lowest BCUT2D eigenvalue weighted by atomic mass is 10.1. The molecule has 0 radical (unpaired) electrons. The standard InChI is InChI=1S/C6H10O3/c1-4-2-5(7)3-6(8)9-4/h4-5,7H,2-3H2,1H3/t4-,5-/m0/s1. The molecule has 0 spiro atoms. The lowest BCUT2D eigenvalue weighted by molar-refractivity contribution is -0.158. The summed E-state index contributed by atoms with van der Waals surface area (Å²) in [6.45, 7) is 1.78. The van der Waals surface area contributed by atoms with E-state index >= 15 is 0 Å². The smallest absolute Gasteiger partial charge is 0.308 e. The Balaban J connectivity index is 2.43. The first-order chi connectivity index (χ1) is 4.18. The Morgan fingerprint density at radius 1 is 1.78 bits per heavy atom. The van der Waals surface area contributed by atoms with E-state index in [9.17, 15) is 4.79 Å². The largest absolute Gasteiger partial charge is 0.462 e. The summed E-state index contributed by atoms with van der Waals surface area (Å²) < 4.78 is 4.76. The highest BCUT2D eigenvalue weighted by Gasteiger charge is 2.23. The van der Waals surface area contributed by atoms with Crippen LogP contribution in [0.1, 0.15) is 19.8 Å². The number of esters is 1. The Hall–Kier alpha value is -0.570. The van der Waals surface area contributed by atoms with Gasteiger partial charge in [-0.3, -0.25) is 4.79 Å². The summed E-state index contributed by atoms with van der Waals surface area (Å²) in [5.41, 5.74) is 0. The molecule has 0 saturated carbocycles. The van der Waals surface area contributed by atoms with Crippen LogP contribution in [0.2, 0.25) is 0 Å². The molecule has 0 aromatic carbocycles. The van der Waals surface area contributed by atoms with E-state index in [4.69, 9.17) is 9.84 Å². The van der Waals surface area contributed by atoms with Gasteiger partial charge in [0.15, 0.2) is 0 Å². The molecule has 2 atom stereocenters. The van der Waals surface area contributed by atoms with Crippen LogP contribution in [0, 0.1) is 0 Å². The molecule has 1 fully saturated rings. The van der Waals surface area contributed by atoms with E-state index in [2.05, 4.69) is 0 Å². The van der Waals surface area contributed by atoms with Crippen molar-refractivity contribution < 1.29 is 14.6 Å². The lowest BCUT2D eigenvalue weighted by Crippen LogP contribution is -2.30. The molecule has 52 valence electrons. The van der Waals surface area contributed by atoms with Gasteiger partial charge in [-0.25, -0.2) is 0 Å². The van der Waals surface area contributed by atoms with Crippen molar-refractivity contribution in [2.45, 2.75) is 32.0 Å². The van der Waals surface area contributed by atoms with Crippen LogP contribution >= 0.6 is 0 Å². The Labute approximate surface area is 53.6 Å². The molecule has 0 amide bonds. The normalized spacial score (nSPS) is 36.0. The first-order valence-corrected chi connectivity index (χ1v) is 3.06. The fraction of sp³-hybridized carbons (Fsp3) is 0.833. The molecule has 0 aromatic heterocycles. The SMILES string of the molecule is C[C@H]1C[C@H](O)CC(=O)O1. The number of ether oxygens (including phenoxy) is 1. The number of carbonyl (C=O) groups is 1. The van der Waals surface area contributed by atoms with Crippen molar-refractivity contribution in [3.63, 3.8) is 0 Å².